The first-order valence-corrected chi connectivity index (χ1v) is 10.1. The summed E-state index contributed by atoms with van der Waals surface area (Å²) >= 11 is 0. The van der Waals surface area contributed by atoms with Gasteiger partial charge in [-0.2, -0.15) is 0 Å². The molecule has 1 heterocycles. The molecule has 5 nitrogen and oxygen atoms in total. The smallest absolute Gasteiger partial charge is 0.277 e. The molecule has 0 atom stereocenters. The molecule has 28 heavy (non-hydrogen) atoms. The Morgan fingerprint density at radius 2 is 1.68 bits per heavy atom. The van der Waals surface area contributed by atoms with Crippen molar-refractivity contribution in [3.63, 3.8) is 0 Å². The van der Waals surface area contributed by atoms with Gasteiger partial charge < -0.3 is 19.4 Å². The van der Waals surface area contributed by atoms with Crippen LogP contribution < -0.4 is 14.5 Å². The second-order valence-corrected chi connectivity index (χ2v) is 7.94. The summed E-state index contributed by atoms with van der Waals surface area (Å²) in [6, 6.07) is 16.7. The Morgan fingerprint density at radius 3 is 2.39 bits per heavy atom. The van der Waals surface area contributed by atoms with Gasteiger partial charge in [-0.05, 0) is 24.6 Å². The molecule has 2 aromatic rings. The third kappa shape index (κ3) is 5.81. The summed E-state index contributed by atoms with van der Waals surface area (Å²) in [5.41, 5.74) is 3.83. The van der Waals surface area contributed by atoms with Gasteiger partial charge in [0.1, 0.15) is 38.5 Å². The summed E-state index contributed by atoms with van der Waals surface area (Å²) in [4.78, 5) is 17.5. The molecule has 0 spiro atoms. The van der Waals surface area contributed by atoms with Gasteiger partial charge in [0.2, 0.25) is 0 Å². The van der Waals surface area contributed by atoms with E-state index in [1.54, 1.807) is 12.0 Å². The topological polar surface area (TPSA) is 38.4 Å². The molecule has 0 bridgehead atoms. The van der Waals surface area contributed by atoms with Crippen LogP contribution in [0.25, 0.3) is 0 Å². The van der Waals surface area contributed by atoms with Crippen molar-refractivity contribution in [1.29, 1.82) is 0 Å². The first kappa shape index (κ1) is 20.4. The Hall–Kier alpha value is -2.37. The van der Waals surface area contributed by atoms with Crippen molar-refractivity contribution < 1.29 is 19.3 Å². The molecule has 0 aromatic heterocycles. The number of rotatable bonds is 7. The third-order valence-corrected chi connectivity index (χ3v) is 5.58. The molecule has 0 radical (unpaired) electrons. The van der Waals surface area contributed by atoms with Crippen LogP contribution in [0, 0.1) is 6.92 Å². The first-order valence-electron chi connectivity index (χ1n) is 10.1. The Labute approximate surface area is 168 Å². The van der Waals surface area contributed by atoms with Gasteiger partial charge in [0.25, 0.3) is 5.91 Å². The number of benzene rings is 2. The second-order valence-electron chi connectivity index (χ2n) is 7.94. The lowest BCUT2D eigenvalue weighted by Crippen LogP contribution is -3.28. The molecule has 2 N–H and O–H groups in total. The van der Waals surface area contributed by atoms with E-state index >= 15 is 0 Å². The van der Waals surface area contributed by atoms with Gasteiger partial charge in [0.15, 0.2) is 6.54 Å². The van der Waals surface area contributed by atoms with Crippen LogP contribution in [-0.4, -0.2) is 57.7 Å². The maximum Gasteiger partial charge on any atom is 0.277 e. The predicted octanol–water partition coefficient (Wildman–Crippen LogP) is -0.0544. The molecule has 1 aliphatic rings. The van der Waals surface area contributed by atoms with Crippen molar-refractivity contribution >= 4 is 5.91 Å². The largest absolute Gasteiger partial charge is 0.497 e. The summed E-state index contributed by atoms with van der Waals surface area (Å²) < 4.78 is 5.27. The van der Waals surface area contributed by atoms with Crippen LogP contribution in [-0.2, 0) is 17.9 Å². The van der Waals surface area contributed by atoms with Crippen LogP contribution >= 0.6 is 0 Å². The third-order valence-electron chi connectivity index (χ3n) is 5.58. The van der Waals surface area contributed by atoms with Crippen molar-refractivity contribution in [3.8, 4) is 5.75 Å². The van der Waals surface area contributed by atoms with Gasteiger partial charge in [-0.25, -0.2) is 0 Å². The number of amides is 1. The molecule has 3 rings (SSSR count). The monoisotopic (exact) mass is 383 g/mol. The number of carbonyl (C=O) groups is 1. The highest BCUT2D eigenvalue weighted by Crippen LogP contribution is 2.13. The van der Waals surface area contributed by atoms with Gasteiger partial charge in [-0.3, -0.25) is 4.79 Å². The zero-order valence-electron chi connectivity index (χ0n) is 17.3. The van der Waals surface area contributed by atoms with E-state index in [2.05, 4.69) is 31.2 Å². The highest BCUT2D eigenvalue weighted by atomic mass is 16.5. The molecule has 1 amide bonds. The maximum absolute atomic E-state index is 12.6. The average Bonchev–Trinajstić information content (AvgIpc) is 2.69. The summed E-state index contributed by atoms with van der Waals surface area (Å²) in [6.45, 7) is 8.78. The zero-order chi connectivity index (χ0) is 19.9. The number of methoxy groups -OCH3 is 1. The zero-order valence-corrected chi connectivity index (χ0v) is 17.3. The average molecular weight is 384 g/mol. The molecule has 2 aromatic carbocycles. The van der Waals surface area contributed by atoms with E-state index in [1.807, 2.05) is 36.2 Å². The lowest BCUT2D eigenvalue weighted by molar-refractivity contribution is -1.02. The fourth-order valence-corrected chi connectivity index (χ4v) is 3.90. The number of likely N-dealkylation sites (N-methyl/N-ethyl adjacent to an activating group) is 1. The van der Waals surface area contributed by atoms with Crippen molar-refractivity contribution in [2.24, 2.45) is 0 Å². The second kappa shape index (κ2) is 9.71. The number of quaternary nitrogens is 2. The number of aryl methyl sites for hydroxylation is 1. The quantitative estimate of drug-likeness (QED) is 0.704. The van der Waals surface area contributed by atoms with E-state index in [0.717, 1.165) is 44.0 Å². The Kier molecular flexibility index (Phi) is 7.06. The van der Waals surface area contributed by atoms with E-state index in [9.17, 15) is 4.79 Å². The molecule has 1 saturated heterocycles. The van der Waals surface area contributed by atoms with Gasteiger partial charge in [0, 0.05) is 19.2 Å². The number of hydrogen-bond donors (Lipinski definition) is 2. The fraction of sp³-hybridized carbons (Fsp3) is 0.435. The summed E-state index contributed by atoms with van der Waals surface area (Å²) in [7, 11) is 3.55. The minimum absolute atomic E-state index is 0.208. The lowest BCUT2D eigenvalue weighted by Gasteiger charge is -2.30. The first-order chi connectivity index (χ1) is 13.5. The number of nitrogens with one attached hydrogen (secondary N) is 2. The Bertz CT molecular complexity index is 785. The molecule has 0 unspecified atom stereocenters. The minimum atomic E-state index is 0.208. The van der Waals surface area contributed by atoms with Crippen LogP contribution in [0.3, 0.4) is 0 Å². The Balaban J connectivity index is 1.44. The van der Waals surface area contributed by atoms with Gasteiger partial charge in [-0.1, -0.05) is 42.0 Å². The van der Waals surface area contributed by atoms with Crippen LogP contribution in [0.1, 0.15) is 16.7 Å². The van der Waals surface area contributed by atoms with E-state index in [4.69, 9.17) is 4.74 Å². The molecule has 1 aliphatic heterocycles. The number of ether oxygens (including phenoxy) is 1. The number of carbonyl (C=O) groups excluding carboxylic acids is 1. The summed E-state index contributed by atoms with van der Waals surface area (Å²) in [6.07, 6.45) is 0. The molecule has 1 fully saturated rings. The SMILES string of the molecule is COc1cccc(CN(C)C(=O)C[NH+]2CC[NH+](Cc3cccc(C)c3)CC2)c1. The number of nitrogens with zero attached hydrogens (tertiary/aromatic N) is 1. The normalized spacial score (nSPS) is 19.2. The van der Waals surface area contributed by atoms with Gasteiger partial charge in [-0.15, -0.1) is 0 Å². The van der Waals surface area contributed by atoms with Crippen molar-refractivity contribution in [2.75, 3.05) is 46.9 Å². The lowest BCUT2D eigenvalue weighted by atomic mass is 10.1. The van der Waals surface area contributed by atoms with E-state index in [1.165, 1.54) is 16.0 Å². The van der Waals surface area contributed by atoms with Crippen LogP contribution in [0.4, 0.5) is 0 Å². The van der Waals surface area contributed by atoms with Gasteiger partial charge >= 0.3 is 0 Å². The molecule has 5 heteroatoms. The molecule has 0 aliphatic carbocycles. The fourth-order valence-electron chi connectivity index (χ4n) is 3.90. The standard InChI is InChI=1S/C23H31N3O2/c1-19-6-4-7-20(14-19)17-25-10-12-26(13-11-25)18-23(27)24(2)16-21-8-5-9-22(15-21)28-3/h4-9,14-15H,10-13,16-18H2,1-3H3/p+2. The Morgan fingerprint density at radius 1 is 1.00 bits per heavy atom. The summed E-state index contributed by atoms with van der Waals surface area (Å²) in [5, 5.41) is 0. The summed E-state index contributed by atoms with van der Waals surface area (Å²) in [5.74, 6) is 1.04. The van der Waals surface area contributed by atoms with E-state index < -0.39 is 0 Å². The van der Waals surface area contributed by atoms with Crippen molar-refractivity contribution in [1.82, 2.24) is 4.90 Å². The van der Waals surface area contributed by atoms with Crippen LogP contribution in [0.5, 0.6) is 5.75 Å². The molecular formula is C23H33N3O2+2. The predicted molar refractivity (Wildman–Crippen MR) is 111 cm³/mol. The number of hydrogen-bond acceptors (Lipinski definition) is 2. The molecular weight excluding hydrogens is 350 g/mol. The van der Waals surface area contributed by atoms with Crippen molar-refractivity contribution in [2.45, 2.75) is 20.0 Å². The minimum Gasteiger partial charge on any atom is -0.497 e. The molecule has 0 saturated carbocycles. The van der Waals surface area contributed by atoms with Crippen molar-refractivity contribution in [3.05, 3.63) is 65.2 Å². The number of piperazine rings is 1. The maximum atomic E-state index is 12.6. The van der Waals surface area contributed by atoms with E-state index in [-0.39, 0.29) is 5.91 Å². The van der Waals surface area contributed by atoms with E-state index in [0.29, 0.717) is 13.1 Å². The van der Waals surface area contributed by atoms with Gasteiger partial charge in [0.05, 0.1) is 7.11 Å². The highest BCUT2D eigenvalue weighted by molar-refractivity contribution is 5.76. The van der Waals surface area contributed by atoms with Crippen LogP contribution in [0.2, 0.25) is 0 Å². The molecule has 150 valence electrons. The highest BCUT2D eigenvalue weighted by Gasteiger charge is 2.26. The van der Waals surface area contributed by atoms with Crippen LogP contribution in [0.15, 0.2) is 48.5 Å².